The average molecular weight is 404 g/mol. The van der Waals surface area contributed by atoms with Gasteiger partial charge in [-0.15, -0.1) is 0 Å². The summed E-state index contributed by atoms with van der Waals surface area (Å²) in [6, 6.07) is 7.84. The molecule has 2 saturated heterocycles. The number of rotatable bonds is 6. The first-order valence-electron chi connectivity index (χ1n) is 9.86. The third kappa shape index (κ3) is 3.99. The van der Waals surface area contributed by atoms with Gasteiger partial charge in [-0.05, 0) is 57.0 Å². The molecule has 2 unspecified atom stereocenters. The highest BCUT2D eigenvalue weighted by molar-refractivity contribution is 5.65. The molecule has 2 fully saturated rings. The number of piperidine rings is 1. The molecule has 0 amide bonds. The van der Waals surface area contributed by atoms with Crippen molar-refractivity contribution in [1.82, 2.24) is 14.9 Å². The molecule has 0 saturated carbocycles. The Morgan fingerprint density at radius 3 is 2.34 bits per heavy atom. The fraction of sp³-hybridized carbons (Fsp3) is 0.524. The topological polar surface area (TPSA) is 59.5 Å². The summed E-state index contributed by atoms with van der Waals surface area (Å²) in [7, 11) is 5.25. The molecule has 2 aliphatic heterocycles. The van der Waals surface area contributed by atoms with Crippen LogP contribution in [0.15, 0.2) is 24.3 Å². The van der Waals surface area contributed by atoms with E-state index in [9.17, 15) is 8.78 Å². The van der Waals surface area contributed by atoms with Crippen LogP contribution in [0.2, 0.25) is 0 Å². The number of hydrogen-bond acceptors (Lipinski definition) is 6. The number of fused-ring (bicyclic) bond motifs is 2. The van der Waals surface area contributed by atoms with E-state index in [-0.39, 0.29) is 17.7 Å². The molecule has 4 rings (SSSR count). The Morgan fingerprint density at radius 1 is 1.03 bits per heavy atom. The van der Waals surface area contributed by atoms with Crippen LogP contribution in [0.4, 0.5) is 14.7 Å². The Balaban J connectivity index is 1.63. The van der Waals surface area contributed by atoms with Gasteiger partial charge >= 0.3 is 0 Å². The molecular weight excluding hydrogens is 378 g/mol. The molecule has 0 aliphatic carbocycles. The first-order chi connectivity index (χ1) is 14.0. The van der Waals surface area contributed by atoms with E-state index >= 15 is 0 Å². The van der Waals surface area contributed by atoms with E-state index in [1.165, 1.54) is 26.0 Å². The number of anilines is 1. The van der Waals surface area contributed by atoms with Gasteiger partial charge < -0.3 is 19.7 Å². The molecule has 6 nitrogen and oxygen atoms in total. The number of hydrogen-bond donors (Lipinski definition) is 1. The van der Waals surface area contributed by atoms with Crippen LogP contribution < -0.4 is 14.8 Å². The Bertz CT molecular complexity index is 866. The van der Waals surface area contributed by atoms with Gasteiger partial charge in [-0.1, -0.05) is 0 Å². The van der Waals surface area contributed by atoms with Gasteiger partial charge in [-0.3, -0.25) is 0 Å². The second-order valence-corrected chi connectivity index (χ2v) is 7.74. The molecule has 3 heterocycles. The molecule has 2 bridgehead atoms. The highest BCUT2D eigenvalue weighted by atomic mass is 19.3. The van der Waals surface area contributed by atoms with Crippen LogP contribution in [-0.2, 0) is 0 Å². The third-order valence-corrected chi connectivity index (χ3v) is 6.08. The Morgan fingerprint density at radius 2 is 1.72 bits per heavy atom. The zero-order valence-corrected chi connectivity index (χ0v) is 16.9. The fourth-order valence-corrected chi connectivity index (χ4v) is 4.50. The highest BCUT2D eigenvalue weighted by Gasteiger charge is 2.38. The zero-order valence-electron chi connectivity index (χ0n) is 16.9. The first kappa shape index (κ1) is 19.8. The number of alkyl halides is 2. The molecule has 2 aliphatic rings. The van der Waals surface area contributed by atoms with E-state index in [0.717, 1.165) is 12.8 Å². The number of aromatic nitrogens is 2. The van der Waals surface area contributed by atoms with Gasteiger partial charge in [0.05, 0.1) is 19.9 Å². The molecule has 2 aromatic rings. The first-order valence-corrected chi connectivity index (χ1v) is 9.86. The Labute approximate surface area is 169 Å². The summed E-state index contributed by atoms with van der Waals surface area (Å²) < 4.78 is 37.6. The van der Waals surface area contributed by atoms with Crippen LogP contribution in [-0.4, -0.2) is 54.3 Å². The Kier molecular flexibility index (Phi) is 5.54. The number of methoxy groups -OCH3 is 2. The van der Waals surface area contributed by atoms with Crippen molar-refractivity contribution < 1.29 is 18.3 Å². The minimum Gasteiger partial charge on any atom is -0.493 e. The summed E-state index contributed by atoms with van der Waals surface area (Å²) in [5, 5.41) is 3.32. The maximum absolute atomic E-state index is 13.5. The molecule has 2 atom stereocenters. The van der Waals surface area contributed by atoms with Crippen molar-refractivity contribution in [2.45, 2.75) is 50.2 Å². The number of halogens is 2. The summed E-state index contributed by atoms with van der Waals surface area (Å²) in [6.07, 6.45) is 1.65. The van der Waals surface area contributed by atoms with Crippen molar-refractivity contribution in [3.63, 3.8) is 0 Å². The smallest absolute Gasteiger partial charge is 0.280 e. The largest absolute Gasteiger partial charge is 0.493 e. The molecule has 0 radical (unpaired) electrons. The average Bonchev–Trinajstić information content (AvgIpc) is 2.93. The normalized spacial score (nSPS) is 24.0. The van der Waals surface area contributed by atoms with Gasteiger partial charge in [0.2, 0.25) is 5.95 Å². The van der Waals surface area contributed by atoms with E-state index < -0.39 is 6.43 Å². The molecule has 156 valence electrons. The van der Waals surface area contributed by atoms with Crippen LogP contribution in [0.3, 0.4) is 0 Å². The lowest BCUT2D eigenvalue weighted by Crippen LogP contribution is -2.44. The summed E-state index contributed by atoms with van der Waals surface area (Å²) in [5.74, 6) is 1.34. The van der Waals surface area contributed by atoms with E-state index in [4.69, 9.17) is 9.47 Å². The number of nitrogens with zero attached hydrogens (tertiary/aromatic N) is 3. The molecule has 29 heavy (non-hydrogen) atoms. The lowest BCUT2D eigenvalue weighted by molar-refractivity contribution is 0.146. The standard InChI is InChI=1S/C21H26F2N4O2/c1-27-14-5-6-15(27)10-13(9-14)24-21-25-16(11-17(26-21)20(22)23)12-4-7-18(28-2)19(8-12)29-3/h4,7-8,11,13-15,20H,5-6,9-10H2,1-3H3,(H,24,25,26). The van der Waals surface area contributed by atoms with Crippen molar-refractivity contribution in [3.05, 3.63) is 30.0 Å². The Hall–Kier alpha value is -2.48. The van der Waals surface area contributed by atoms with Crippen LogP contribution in [0.25, 0.3) is 11.3 Å². The zero-order chi connectivity index (χ0) is 20.5. The van der Waals surface area contributed by atoms with Crippen molar-refractivity contribution >= 4 is 5.95 Å². The van der Waals surface area contributed by atoms with E-state index in [0.29, 0.717) is 34.8 Å². The molecule has 1 N–H and O–H groups in total. The van der Waals surface area contributed by atoms with Gasteiger partial charge in [-0.25, -0.2) is 18.7 Å². The minimum atomic E-state index is -2.67. The molecule has 0 spiro atoms. The maximum Gasteiger partial charge on any atom is 0.280 e. The van der Waals surface area contributed by atoms with Crippen molar-refractivity contribution in [3.8, 4) is 22.8 Å². The maximum atomic E-state index is 13.5. The van der Waals surface area contributed by atoms with Crippen LogP contribution in [0, 0.1) is 0 Å². The second-order valence-electron chi connectivity index (χ2n) is 7.74. The third-order valence-electron chi connectivity index (χ3n) is 6.08. The quantitative estimate of drug-likeness (QED) is 0.781. The number of benzene rings is 1. The highest BCUT2D eigenvalue weighted by Crippen LogP contribution is 2.36. The minimum absolute atomic E-state index is 0.190. The van der Waals surface area contributed by atoms with E-state index in [2.05, 4.69) is 27.2 Å². The predicted molar refractivity (Wildman–Crippen MR) is 107 cm³/mol. The number of ether oxygens (including phenoxy) is 2. The predicted octanol–water partition coefficient (Wildman–Crippen LogP) is 4.14. The van der Waals surface area contributed by atoms with Gasteiger partial charge in [-0.2, -0.15) is 0 Å². The summed E-state index contributed by atoms with van der Waals surface area (Å²) >= 11 is 0. The van der Waals surface area contributed by atoms with Crippen molar-refractivity contribution in [1.29, 1.82) is 0 Å². The van der Waals surface area contributed by atoms with Crippen molar-refractivity contribution in [2.75, 3.05) is 26.6 Å². The molecule has 1 aromatic carbocycles. The van der Waals surface area contributed by atoms with Gasteiger partial charge in [0.25, 0.3) is 6.43 Å². The molecule has 8 heteroatoms. The van der Waals surface area contributed by atoms with Gasteiger partial charge in [0, 0.05) is 23.7 Å². The lowest BCUT2D eigenvalue weighted by atomic mass is 9.98. The van der Waals surface area contributed by atoms with Gasteiger partial charge in [0.15, 0.2) is 11.5 Å². The van der Waals surface area contributed by atoms with Crippen molar-refractivity contribution in [2.24, 2.45) is 0 Å². The molecule has 1 aromatic heterocycles. The lowest BCUT2D eigenvalue weighted by Gasteiger charge is -2.36. The summed E-state index contributed by atoms with van der Waals surface area (Å²) in [5.41, 5.74) is 0.802. The van der Waals surface area contributed by atoms with Crippen LogP contribution in [0.1, 0.15) is 37.8 Å². The van der Waals surface area contributed by atoms with Crippen LogP contribution >= 0.6 is 0 Å². The van der Waals surface area contributed by atoms with Gasteiger partial charge in [0.1, 0.15) is 5.69 Å². The van der Waals surface area contributed by atoms with Crippen LogP contribution in [0.5, 0.6) is 11.5 Å². The second kappa shape index (κ2) is 8.10. The van der Waals surface area contributed by atoms with E-state index in [1.54, 1.807) is 25.3 Å². The fourth-order valence-electron chi connectivity index (χ4n) is 4.50. The SMILES string of the molecule is COc1ccc(-c2cc(C(F)F)nc(NC3CC4CCC(C3)N4C)n2)cc1OC. The number of nitrogens with one attached hydrogen (secondary N) is 1. The monoisotopic (exact) mass is 404 g/mol. The van der Waals surface area contributed by atoms with E-state index in [1.807, 2.05) is 0 Å². The molecular formula is C21H26F2N4O2. The summed E-state index contributed by atoms with van der Waals surface area (Å²) in [6.45, 7) is 0. The summed E-state index contributed by atoms with van der Waals surface area (Å²) in [4.78, 5) is 11.0.